The SMILES string of the molecule is COc1cccc(CCCCN2CC[C@@H](CC[C@@H](O)c3ccnc4ccc(OC)cc34)[C@H](CCC(=O)O)C2)c1. The van der Waals surface area contributed by atoms with Crippen molar-refractivity contribution in [3.63, 3.8) is 0 Å². The van der Waals surface area contributed by atoms with Crippen molar-refractivity contribution in [1.82, 2.24) is 9.88 Å². The number of aryl methyl sites for hydroxylation is 1. The Balaban J connectivity index is 1.31. The summed E-state index contributed by atoms with van der Waals surface area (Å²) in [5.74, 6) is 1.65. The fourth-order valence-corrected chi connectivity index (χ4v) is 5.96. The summed E-state index contributed by atoms with van der Waals surface area (Å²) < 4.78 is 10.7. The minimum atomic E-state index is -0.735. The lowest BCUT2D eigenvalue weighted by Gasteiger charge is -2.39. The Labute approximate surface area is 231 Å². The van der Waals surface area contributed by atoms with Gasteiger partial charge in [-0.1, -0.05) is 12.1 Å². The van der Waals surface area contributed by atoms with E-state index in [0.29, 0.717) is 24.7 Å². The highest BCUT2D eigenvalue weighted by molar-refractivity contribution is 5.83. The number of benzene rings is 2. The minimum absolute atomic E-state index is 0.197. The summed E-state index contributed by atoms with van der Waals surface area (Å²) in [7, 11) is 3.33. The predicted octanol–water partition coefficient (Wildman–Crippen LogP) is 5.89. The van der Waals surface area contributed by atoms with Crippen LogP contribution in [0.15, 0.2) is 54.7 Å². The fraction of sp³-hybridized carbons (Fsp3) is 0.500. The second-order valence-corrected chi connectivity index (χ2v) is 10.7. The van der Waals surface area contributed by atoms with Crippen LogP contribution in [0.25, 0.3) is 10.9 Å². The number of ether oxygens (including phenoxy) is 2. The number of unbranched alkanes of at least 4 members (excludes halogenated alkanes) is 1. The molecule has 2 heterocycles. The number of fused-ring (bicyclic) bond motifs is 1. The van der Waals surface area contributed by atoms with Crippen molar-refractivity contribution in [2.45, 2.75) is 57.5 Å². The van der Waals surface area contributed by atoms with Gasteiger partial charge in [-0.15, -0.1) is 0 Å². The van der Waals surface area contributed by atoms with Gasteiger partial charge in [0.05, 0.1) is 25.8 Å². The Morgan fingerprint density at radius 1 is 1.05 bits per heavy atom. The topological polar surface area (TPSA) is 92.1 Å². The number of carboxylic acid groups (broad SMARTS) is 1. The number of aliphatic hydroxyl groups is 1. The quantitative estimate of drug-likeness (QED) is 0.249. The maximum Gasteiger partial charge on any atom is 0.303 e. The minimum Gasteiger partial charge on any atom is -0.497 e. The number of rotatable bonds is 14. The molecule has 0 radical (unpaired) electrons. The molecule has 2 N–H and O–H groups in total. The maximum atomic E-state index is 11.4. The molecule has 1 fully saturated rings. The molecular formula is C32H42N2O5. The average molecular weight is 535 g/mol. The monoisotopic (exact) mass is 534 g/mol. The molecule has 0 bridgehead atoms. The molecule has 0 amide bonds. The number of pyridine rings is 1. The van der Waals surface area contributed by atoms with Crippen LogP contribution in [0, 0.1) is 11.8 Å². The highest BCUT2D eigenvalue weighted by Gasteiger charge is 2.30. The lowest BCUT2D eigenvalue weighted by Crippen LogP contribution is -2.41. The van der Waals surface area contributed by atoms with E-state index in [9.17, 15) is 15.0 Å². The summed E-state index contributed by atoms with van der Waals surface area (Å²) in [6.07, 6.45) is 7.85. The molecule has 4 rings (SSSR count). The smallest absolute Gasteiger partial charge is 0.303 e. The van der Waals surface area contributed by atoms with Crippen LogP contribution >= 0.6 is 0 Å². The van der Waals surface area contributed by atoms with Gasteiger partial charge in [-0.3, -0.25) is 9.78 Å². The van der Waals surface area contributed by atoms with Crippen molar-refractivity contribution in [1.29, 1.82) is 0 Å². The summed E-state index contributed by atoms with van der Waals surface area (Å²) in [5.41, 5.74) is 3.01. The summed E-state index contributed by atoms with van der Waals surface area (Å²) in [6.45, 7) is 3.00. The van der Waals surface area contributed by atoms with Gasteiger partial charge >= 0.3 is 5.97 Å². The Morgan fingerprint density at radius 3 is 2.67 bits per heavy atom. The molecule has 3 aromatic rings. The Kier molecular flexibility index (Phi) is 10.6. The number of carbonyl (C=O) groups is 1. The van der Waals surface area contributed by atoms with Crippen molar-refractivity contribution in [2.24, 2.45) is 11.8 Å². The molecule has 0 aliphatic carbocycles. The van der Waals surface area contributed by atoms with Crippen LogP contribution in [0.5, 0.6) is 11.5 Å². The molecule has 210 valence electrons. The molecule has 7 heteroatoms. The molecule has 0 unspecified atom stereocenters. The summed E-state index contributed by atoms with van der Waals surface area (Å²) in [4.78, 5) is 18.3. The Morgan fingerprint density at radius 2 is 1.87 bits per heavy atom. The number of likely N-dealkylation sites (tertiary alicyclic amines) is 1. The van der Waals surface area contributed by atoms with Gasteiger partial charge in [0, 0.05) is 24.5 Å². The molecule has 39 heavy (non-hydrogen) atoms. The van der Waals surface area contributed by atoms with Crippen LogP contribution in [0.1, 0.15) is 62.2 Å². The second-order valence-electron chi connectivity index (χ2n) is 10.7. The van der Waals surface area contributed by atoms with Gasteiger partial charge < -0.3 is 24.6 Å². The number of methoxy groups -OCH3 is 2. The average Bonchev–Trinajstić information content (AvgIpc) is 2.96. The number of piperidine rings is 1. The third-order valence-electron chi connectivity index (χ3n) is 8.18. The number of hydrogen-bond acceptors (Lipinski definition) is 6. The third kappa shape index (κ3) is 8.16. The van der Waals surface area contributed by atoms with Crippen LogP contribution in [0.4, 0.5) is 0 Å². The Bertz CT molecular complexity index is 1220. The largest absolute Gasteiger partial charge is 0.497 e. The molecule has 3 atom stereocenters. The predicted molar refractivity (Wildman–Crippen MR) is 153 cm³/mol. The van der Waals surface area contributed by atoms with Gasteiger partial charge in [-0.25, -0.2) is 0 Å². The van der Waals surface area contributed by atoms with E-state index in [4.69, 9.17) is 9.47 Å². The van der Waals surface area contributed by atoms with Crippen molar-refractivity contribution < 1.29 is 24.5 Å². The third-order valence-corrected chi connectivity index (χ3v) is 8.18. The maximum absolute atomic E-state index is 11.4. The van der Waals surface area contributed by atoms with Crippen molar-refractivity contribution in [3.05, 3.63) is 65.9 Å². The van der Waals surface area contributed by atoms with Crippen LogP contribution < -0.4 is 9.47 Å². The molecule has 2 aromatic carbocycles. The second kappa shape index (κ2) is 14.3. The van der Waals surface area contributed by atoms with Crippen LogP contribution in [0.3, 0.4) is 0 Å². The number of nitrogens with zero attached hydrogens (tertiary/aromatic N) is 2. The number of carboxylic acids is 1. The van der Waals surface area contributed by atoms with Gasteiger partial charge in [0.15, 0.2) is 0 Å². The van der Waals surface area contributed by atoms with Gasteiger partial charge in [0.25, 0.3) is 0 Å². The van der Waals surface area contributed by atoms with Crippen LogP contribution in [-0.2, 0) is 11.2 Å². The van der Waals surface area contributed by atoms with Crippen LogP contribution in [0.2, 0.25) is 0 Å². The zero-order valence-electron chi connectivity index (χ0n) is 23.2. The normalized spacial score (nSPS) is 18.6. The van der Waals surface area contributed by atoms with E-state index in [-0.39, 0.29) is 6.42 Å². The zero-order valence-corrected chi connectivity index (χ0v) is 23.2. The highest BCUT2D eigenvalue weighted by Crippen LogP contribution is 2.35. The summed E-state index contributed by atoms with van der Waals surface area (Å²) >= 11 is 0. The molecule has 7 nitrogen and oxygen atoms in total. The van der Waals surface area contributed by atoms with E-state index in [1.54, 1.807) is 20.4 Å². The Hall–Kier alpha value is -3.16. The van der Waals surface area contributed by atoms with Gasteiger partial charge in [-0.2, -0.15) is 0 Å². The van der Waals surface area contributed by atoms with Gasteiger partial charge in [0.2, 0.25) is 0 Å². The van der Waals surface area contributed by atoms with Crippen molar-refractivity contribution in [2.75, 3.05) is 33.9 Å². The highest BCUT2D eigenvalue weighted by atomic mass is 16.5. The van der Waals surface area contributed by atoms with E-state index >= 15 is 0 Å². The number of hydrogen-bond donors (Lipinski definition) is 2. The fourth-order valence-electron chi connectivity index (χ4n) is 5.96. The van der Waals surface area contributed by atoms with E-state index in [1.165, 1.54) is 5.56 Å². The number of aromatic nitrogens is 1. The number of aliphatic carboxylic acids is 1. The summed E-state index contributed by atoms with van der Waals surface area (Å²) in [6, 6.07) is 15.9. The molecule has 0 saturated carbocycles. The molecular weight excluding hydrogens is 492 g/mol. The first-order chi connectivity index (χ1) is 19.0. The molecule has 1 aliphatic rings. The lowest BCUT2D eigenvalue weighted by molar-refractivity contribution is -0.137. The van der Waals surface area contributed by atoms with Crippen molar-refractivity contribution in [3.8, 4) is 11.5 Å². The zero-order chi connectivity index (χ0) is 27.6. The van der Waals surface area contributed by atoms with Crippen molar-refractivity contribution >= 4 is 16.9 Å². The molecule has 0 spiro atoms. The van der Waals surface area contributed by atoms with Gasteiger partial charge in [-0.05, 0) is 117 Å². The first-order valence-electron chi connectivity index (χ1n) is 14.1. The van der Waals surface area contributed by atoms with Gasteiger partial charge in [0.1, 0.15) is 11.5 Å². The molecule has 1 saturated heterocycles. The van der Waals surface area contributed by atoms with E-state index in [1.807, 2.05) is 36.4 Å². The number of aliphatic hydroxyl groups excluding tert-OH is 1. The van der Waals surface area contributed by atoms with E-state index in [2.05, 4.69) is 22.0 Å². The van der Waals surface area contributed by atoms with Crippen LogP contribution in [-0.4, -0.2) is 59.9 Å². The first-order valence-corrected chi connectivity index (χ1v) is 14.1. The first kappa shape index (κ1) is 28.8. The van der Waals surface area contributed by atoms with E-state index < -0.39 is 12.1 Å². The standard InChI is InChI=1S/C32H42N2O5/c1-38-26-8-5-7-23(20-26)6-3-4-18-34-19-16-24(25(22-34)10-14-32(36)37)9-13-31(35)28-15-17-33-30-12-11-27(39-2)21-29(28)30/h5,7-8,11-12,15,17,20-21,24-25,31,35H,3-4,6,9-10,13-14,16,18-19,22H2,1-2H3,(H,36,37)/t24-,25-,31-/m1/s1. The lowest BCUT2D eigenvalue weighted by atomic mass is 9.79. The molecule has 1 aromatic heterocycles. The summed E-state index contributed by atoms with van der Waals surface area (Å²) in [5, 5.41) is 21.4. The van der Waals surface area contributed by atoms with E-state index in [0.717, 1.165) is 79.7 Å². The molecule has 1 aliphatic heterocycles.